The second kappa shape index (κ2) is 3.64. The van der Waals surface area contributed by atoms with Crippen molar-refractivity contribution in [3.63, 3.8) is 0 Å². The highest BCUT2D eigenvalue weighted by molar-refractivity contribution is 6.32. The molecule has 1 fully saturated rings. The number of allylic oxidation sites excluding steroid dienone is 1. The van der Waals surface area contributed by atoms with Gasteiger partial charge >= 0.3 is 0 Å². The first-order valence-corrected chi connectivity index (χ1v) is 5.47. The summed E-state index contributed by atoms with van der Waals surface area (Å²) in [5.41, 5.74) is 5.89. The lowest BCUT2D eigenvalue weighted by atomic mass is 9.88. The highest BCUT2D eigenvalue weighted by atomic mass is 14.2. The van der Waals surface area contributed by atoms with Gasteiger partial charge in [0, 0.05) is 0 Å². The zero-order valence-corrected chi connectivity index (χ0v) is 9.30. The molecule has 2 rings (SSSR count). The Morgan fingerprint density at radius 3 is 2.57 bits per heavy atom. The molecule has 0 radical (unpaired) electrons. The maximum atomic E-state index is 2.38. The van der Waals surface area contributed by atoms with Crippen LogP contribution in [0.25, 0.3) is 6.08 Å². The Morgan fingerprint density at radius 2 is 2.00 bits per heavy atom. The maximum Gasteiger partial charge on any atom is 0.139 e. The molecule has 0 aromatic heterocycles. The van der Waals surface area contributed by atoms with E-state index in [0.717, 1.165) is 0 Å². The zero-order valence-electron chi connectivity index (χ0n) is 9.30. The van der Waals surface area contributed by atoms with Crippen LogP contribution in [0, 0.1) is 0 Å². The molecule has 1 saturated carbocycles. The van der Waals surface area contributed by atoms with Crippen LogP contribution in [-0.2, 0) is 0 Å². The minimum absolute atomic E-state index is 0.626. The Balaban J connectivity index is 2.42. The van der Waals surface area contributed by atoms with Gasteiger partial charge in [-0.3, -0.25) is 0 Å². The number of hydrogen-bond acceptors (Lipinski definition) is 0. The molecule has 0 heterocycles. The van der Waals surface area contributed by atoms with Gasteiger partial charge in [-0.15, -0.1) is 0 Å². The summed E-state index contributed by atoms with van der Waals surface area (Å²) in [6, 6.07) is 6.79. The van der Waals surface area contributed by atoms with E-state index >= 15 is 0 Å². The molecule has 1 aliphatic carbocycles. The monoisotopic (exact) mass is 184 g/mol. The van der Waals surface area contributed by atoms with Crippen molar-refractivity contribution in [2.45, 2.75) is 32.6 Å². The van der Waals surface area contributed by atoms with Crippen molar-refractivity contribution in [2.75, 3.05) is 0 Å². The summed E-state index contributed by atoms with van der Waals surface area (Å²) in [4.78, 5) is 0. The average molecular weight is 184 g/mol. The molecule has 0 atom stereocenters. The van der Waals surface area contributed by atoms with Crippen LogP contribution >= 0.6 is 0 Å². The fraction of sp³-hybridized carbons (Fsp3) is 0.385. The maximum absolute atomic E-state index is 2.38. The molecule has 0 N–H and O–H groups in total. The average Bonchev–Trinajstić information content (AvgIpc) is 2.87. The van der Waals surface area contributed by atoms with Gasteiger partial charge in [-0.2, -0.15) is 0 Å². The molecule has 72 valence electrons. The Kier molecular flexibility index (Phi) is 2.49. The lowest BCUT2D eigenvalue weighted by Gasteiger charge is -2.10. The van der Waals surface area contributed by atoms with Crippen molar-refractivity contribution >= 4 is 19.4 Å². The van der Waals surface area contributed by atoms with E-state index in [2.05, 4.69) is 46.0 Å². The van der Waals surface area contributed by atoms with E-state index < -0.39 is 0 Å². The molecule has 0 unspecified atom stereocenters. The topological polar surface area (TPSA) is 0 Å². The van der Waals surface area contributed by atoms with Crippen LogP contribution in [-0.4, -0.2) is 7.85 Å². The van der Waals surface area contributed by atoms with E-state index in [0.29, 0.717) is 5.92 Å². The van der Waals surface area contributed by atoms with Gasteiger partial charge in [0.15, 0.2) is 0 Å². The number of hydrogen-bond donors (Lipinski definition) is 0. The van der Waals surface area contributed by atoms with E-state index in [1.807, 2.05) is 0 Å². The largest absolute Gasteiger partial charge is 0.139 e. The van der Waals surface area contributed by atoms with Crippen LogP contribution in [0.4, 0.5) is 0 Å². The van der Waals surface area contributed by atoms with E-state index in [9.17, 15) is 0 Å². The van der Waals surface area contributed by atoms with Crippen LogP contribution in [0.15, 0.2) is 23.8 Å². The number of rotatable bonds is 2. The lowest BCUT2D eigenvalue weighted by molar-refractivity contribution is 0.864. The molecule has 0 spiro atoms. The normalized spacial score (nSPS) is 14.6. The molecular weight excluding hydrogens is 167 g/mol. The summed E-state index contributed by atoms with van der Waals surface area (Å²) in [5.74, 6) is 0.626. The Bertz CT molecular complexity index is 369. The van der Waals surface area contributed by atoms with Crippen molar-refractivity contribution in [1.29, 1.82) is 0 Å². The molecule has 0 nitrogen and oxygen atoms in total. The first-order valence-electron chi connectivity index (χ1n) is 5.47. The number of benzene rings is 1. The summed E-state index contributed by atoms with van der Waals surface area (Å²) >= 11 is 0. The summed E-state index contributed by atoms with van der Waals surface area (Å²) in [6.07, 6.45) is 5.00. The molecule has 1 aromatic carbocycles. The van der Waals surface area contributed by atoms with Crippen LogP contribution in [0.3, 0.4) is 0 Å². The van der Waals surface area contributed by atoms with Crippen LogP contribution < -0.4 is 5.46 Å². The second-order valence-corrected chi connectivity index (χ2v) is 4.59. The van der Waals surface area contributed by atoms with E-state index in [-0.39, 0.29) is 0 Å². The molecule has 1 aliphatic rings. The van der Waals surface area contributed by atoms with E-state index in [4.69, 9.17) is 0 Å². The highest BCUT2D eigenvalue weighted by Gasteiger charge is 2.12. The third-order valence-electron chi connectivity index (χ3n) is 2.76. The fourth-order valence-electron chi connectivity index (χ4n) is 1.78. The van der Waals surface area contributed by atoms with Gasteiger partial charge in [0.1, 0.15) is 7.85 Å². The fourth-order valence-corrected chi connectivity index (χ4v) is 1.78. The Labute approximate surface area is 87.4 Å². The van der Waals surface area contributed by atoms with Crippen molar-refractivity contribution in [2.24, 2.45) is 0 Å². The first-order chi connectivity index (χ1) is 6.66. The van der Waals surface area contributed by atoms with Gasteiger partial charge in [-0.05, 0) is 29.9 Å². The molecule has 0 saturated heterocycles. The Hall–Kier alpha value is -0.975. The van der Waals surface area contributed by atoms with Crippen molar-refractivity contribution < 1.29 is 0 Å². The van der Waals surface area contributed by atoms with Gasteiger partial charge in [0.2, 0.25) is 0 Å². The summed E-state index contributed by atoms with van der Waals surface area (Å²) in [6.45, 7) is 4.53. The smallest absolute Gasteiger partial charge is 0.0884 e. The zero-order chi connectivity index (χ0) is 10.1. The van der Waals surface area contributed by atoms with Crippen LogP contribution in [0.2, 0.25) is 0 Å². The Morgan fingerprint density at radius 1 is 1.29 bits per heavy atom. The van der Waals surface area contributed by atoms with Gasteiger partial charge in [0.25, 0.3) is 0 Å². The van der Waals surface area contributed by atoms with Gasteiger partial charge in [-0.25, -0.2) is 0 Å². The van der Waals surface area contributed by atoms with Crippen LogP contribution in [0.5, 0.6) is 0 Å². The summed E-state index contributed by atoms with van der Waals surface area (Å²) in [7, 11) is 2.17. The third kappa shape index (κ3) is 2.09. The minimum Gasteiger partial charge on any atom is -0.0884 e. The second-order valence-electron chi connectivity index (χ2n) is 4.59. The quantitative estimate of drug-likeness (QED) is 0.618. The van der Waals surface area contributed by atoms with Crippen molar-refractivity contribution in [3.05, 3.63) is 34.9 Å². The van der Waals surface area contributed by atoms with Gasteiger partial charge < -0.3 is 0 Å². The first kappa shape index (κ1) is 9.58. The summed E-state index contributed by atoms with van der Waals surface area (Å²) < 4.78 is 0. The SMILES string of the molecule is Bc1ccc(C(C)C)c(C=C2CC2)c1. The molecule has 0 bridgehead atoms. The molecule has 0 amide bonds. The van der Waals surface area contributed by atoms with Crippen LogP contribution in [0.1, 0.15) is 43.7 Å². The molecule has 1 aromatic rings. The standard InChI is InChI=1S/C13H17B/c1-9(2)13-6-5-12(14)8-11(13)7-10-3-4-10/h5-9H,3-4,14H2,1-2H3. The predicted molar refractivity (Wildman–Crippen MR) is 65.9 cm³/mol. The van der Waals surface area contributed by atoms with Gasteiger partial charge in [-0.1, -0.05) is 49.2 Å². The predicted octanol–water partition coefficient (Wildman–Crippen LogP) is 2.25. The van der Waals surface area contributed by atoms with Gasteiger partial charge in [0.05, 0.1) is 0 Å². The molecule has 1 heteroatoms. The molecule has 0 aliphatic heterocycles. The third-order valence-corrected chi connectivity index (χ3v) is 2.76. The van der Waals surface area contributed by atoms with E-state index in [1.165, 1.54) is 29.4 Å². The van der Waals surface area contributed by atoms with Crippen molar-refractivity contribution in [3.8, 4) is 0 Å². The molecule has 14 heavy (non-hydrogen) atoms. The lowest BCUT2D eigenvalue weighted by Crippen LogP contribution is -2.04. The highest BCUT2D eigenvalue weighted by Crippen LogP contribution is 2.31. The van der Waals surface area contributed by atoms with Crippen molar-refractivity contribution in [1.82, 2.24) is 0 Å². The molecular formula is C13H17B. The van der Waals surface area contributed by atoms with E-state index in [1.54, 1.807) is 5.57 Å². The minimum atomic E-state index is 0.626. The summed E-state index contributed by atoms with van der Waals surface area (Å²) in [5, 5.41) is 0.